The molecule has 0 radical (unpaired) electrons. The summed E-state index contributed by atoms with van der Waals surface area (Å²) in [7, 11) is 0. The van der Waals surface area contributed by atoms with E-state index in [4.69, 9.17) is 4.98 Å². The second-order valence-electron chi connectivity index (χ2n) is 13.6. The molecule has 0 amide bonds. The van der Waals surface area contributed by atoms with Crippen LogP contribution < -0.4 is 0 Å². The molecule has 1 aromatic heterocycles. The summed E-state index contributed by atoms with van der Waals surface area (Å²) in [6.07, 6.45) is 42.4. The van der Waals surface area contributed by atoms with E-state index in [2.05, 4.69) is 54.9 Å². The number of imidazole rings is 1. The van der Waals surface area contributed by atoms with Gasteiger partial charge in [0.05, 0.1) is 5.69 Å². The van der Waals surface area contributed by atoms with Gasteiger partial charge in [-0.15, -0.1) is 0 Å². The first-order chi connectivity index (χ1) is 21.3. The zero-order chi connectivity index (χ0) is 30.5. The van der Waals surface area contributed by atoms with Crippen LogP contribution in [-0.2, 0) is 25.8 Å². The first-order valence-corrected chi connectivity index (χ1v) is 19.4. The molecule has 2 heteroatoms. The maximum atomic E-state index is 5.17. The molecule has 0 fully saturated rings. The highest BCUT2D eigenvalue weighted by atomic mass is 15.1. The van der Waals surface area contributed by atoms with Crippen LogP contribution in [0.5, 0.6) is 0 Å². The monoisotopic (exact) mass is 593 g/mol. The molecule has 2 aromatic rings. The first kappa shape index (κ1) is 37.6. The van der Waals surface area contributed by atoms with E-state index < -0.39 is 0 Å². The molecular formula is C41H72N2. The molecule has 0 saturated carbocycles. The Morgan fingerprint density at radius 1 is 0.442 bits per heavy atom. The molecule has 0 atom stereocenters. The topological polar surface area (TPSA) is 17.8 Å². The Kier molecular flexibility index (Phi) is 24.4. The van der Waals surface area contributed by atoms with Crippen LogP contribution in [-0.4, -0.2) is 9.55 Å². The average Bonchev–Trinajstić information content (AvgIpc) is 3.41. The second-order valence-corrected chi connectivity index (χ2v) is 13.6. The molecular weight excluding hydrogens is 520 g/mol. The first-order valence-electron chi connectivity index (χ1n) is 19.4. The highest BCUT2D eigenvalue weighted by Crippen LogP contribution is 2.17. The van der Waals surface area contributed by atoms with Crippen molar-refractivity contribution in [2.75, 3.05) is 0 Å². The van der Waals surface area contributed by atoms with E-state index in [1.807, 2.05) is 0 Å². The zero-order valence-corrected chi connectivity index (χ0v) is 29.1. The number of rotatable bonds is 31. The summed E-state index contributed by atoms with van der Waals surface area (Å²) in [5, 5.41) is 0. The summed E-state index contributed by atoms with van der Waals surface area (Å²) in [6.45, 7) is 5.77. The van der Waals surface area contributed by atoms with Gasteiger partial charge in [0.1, 0.15) is 5.82 Å². The number of benzene rings is 1. The van der Waals surface area contributed by atoms with Gasteiger partial charge < -0.3 is 4.57 Å². The maximum absolute atomic E-state index is 5.17. The summed E-state index contributed by atoms with van der Waals surface area (Å²) in [4.78, 5) is 5.17. The van der Waals surface area contributed by atoms with Crippen molar-refractivity contribution in [3.05, 3.63) is 53.6 Å². The third-order valence-corrected chi connectivity index (χ3v) is 9.41. The minimum atomic E-state index is 1.10. The van der Waals surface area contributed by atoms with Crippen LogP contribution in [0.4, 0.5) is 0 Å². The SMILES string of the molecule is CCCCCCCCCCCCCCCCCc1nc(CCCc2ccccc2)cn1CCCCCCCCCCCC. The van der Waals surface area contributed by atoms with Gasteiger partial charge in [0.25, 0.3) is 0 Å². The number of unbranched alkanes of at least 4 members (excludes halogenated alkanes) is 23. The van der Waals surface area contributed by atoms with E-state index in [1.54, 1.807) is 0 Å². The molecule has 0 spiro atoms. The van der Waals surface area contributed by atoms with E-state index in [9.17, 15) is 0 Å². The van der Waals surface area contributed by atoms with Crippen LogP contribution in [0.2, 0.25) is 0 Å². The normalized spacial score (nSPS) is 11.5. The Labute approximate surface area is 269 Å². The number of hydrogen-bond acceptors (Lipinski definition) is 1. The van der Waals surface area contributed by atoms with E-state index in [-0.39, 0.29) is 0 Å². The van der Waals surface area contributed by atoms with Gasteiger partial charge in [-0.2, -0.15) is 0 Å². The molecule has 0 aliphatic rings. The third kappa shape index (κ3) is 20.9. The Balaban J connectivity index is 1.60. The van der Waals surface area contributed by atoms with E-state index in [1.165, 1.54) is 184 Å². The molecule has 0 aliphatic heterocycles. The van der Waals surface area contributed by atoms with Gasteiger partial charge in [0.15, 0.2) is 0 Å². The minimum Gasteiger partial charge on any atom is -0.335 e. The summed E-state index contributed by atoms with van der Waals surface area (Å²) >= 11 is 0. The third-order valence-electron chi connectivity index (χ3n) is 9.41. The molecule has 0 aliphatic carbocycles. The largest absolute Gasteiger partial charge is 0.335 e. The van der Waals surface area contributed by atoms with Crippen LogP contribution in [0.1, 0.15) is 198 Å². The smallest absolute Gasteiger partial charge is 0.108 e. The Bertz CT molecular complexity index is 839. The fourth-order valence-electron chi connectivity index (χ4n) is 6.57. The summed E-state index contributed by atoms with van der Waals surface area (Å²) in [6, 6.07) is 10.9. The summed E-state index contributed by atoms with van der Waals surface area (Å²) in [5.41, 5.74) is 2.77. The lowest BCUT2D eigenvalue weighted by molar-refractivity contribution is 0.518. The predicted octanol–water partition coefficient (Wildman–Crippen LogP) is 13.4. The lowest BCUT2D eigenvalue weighted by atomic mass is 10.0. The van der Waals surface area contributed by atoms with Gasteiger partial charge in [0.2, 0.25) is 0 Å². The molecule has 0 unspecified atom stereocenters. The Morgan fingerprint density at radius 2 is 0.884 bits per heavy atom. The van der Waals surface area contributed by atoms with Crippen LogP contribution >= 0.6 is 0 Å². The highest BCUT2D eigenvalue weighted by Gasteiger charge is 2.09. The number of aromatic nitrogens is 2. The number of aryl methyl sites for hydroxylation is 4. The lowest BCUT2D eigenvalue weighted by Crippen LogP contribution is -2.03. The van der Waals surface area contributed by atoms with Gasteiger partial charge in [-0.1, -0.05) is 192 Å². The van der Waals surface area contributed by atoms with Crippen LogP contribution in [0.15, 0.2) is 36.5 Å². The van der Waals surface area contributed by atoms with Crippen molar-refractivity contribution in [1.82, 2.24) is 9.55 Å². The summed E-state index contributed by atoms with van der Waals surface area (Å²) < 4.78 is 2.53. The predicted molar refractivity (Wildman–Crippen MR) is 191 cm³/mol. The molecule has 1 heterocycles. The van der Waals surface area contributed by atoms with Gasteiger partial charge in [-0.25, -0.2) is 4.98 Å². The van der Waals surface area contributed by atoms with E-state index in [0.29, 0.717) is 0 Å². The molecule has 0 saturated heterocycles. The fourth-order valence-corrected chi connectivity index (χ4v) is 6.57. The maximum Gasteiger partial charge on any atom is 0.108 e. The molecule has 2 nitrogen and oxygen atoms in total. The Hall–Kier alpha value is -1.57. The van der Waals surface area contributed by atoms with Crippen molar-refractivity contribution < 1.29 is 0 Å². The van der Waals surface area contributed by atoms with Crippen molar-refractivity contribution in [1.29, 1.82) is 0 Å². The van der Waals surface area contributed by atoms with Crippen molar-refractivity contribution in [3.63, 3.8) is 0 Å². The van der Waals surface area contributed by atoms with Crippen LogP contribution in [0.25, 0.3) is 0 Å². The zero-order valence-electron chi connectivity index (χ0n) is 29.1. The summed E-state index contributed by atoms with van der Waals surface area (Å²) in [5.74, 6) is 1.36. The molecule has 1 aromatic carbocycles. The average molecular weight is 593 g/mol. The van der Waals surface area contributed by atoms with Gasteiger partial charge in [-0.05, 0) is 37.7 Å². The van der Waals surface area contributed by atoms with Crippen molar-refractivity contribution >= 4 is 0 Å². The van der Waals surface area contributed by atoms with Crippen molar-refractivity contribution in [2.45, 2.75) is 207 Å². The minimum absolute atomic E-state index is 1.10. The van der Waals surface area contributed by atoms with Crippen molar-refractivity contribution in [3.8, 4) is 0 Å². The van der Waals surface area contributed by atoms with E-state index >= 15 is 0 Å². The molecule has 0 N–H and O–H groups in total. The van der Waals surface area contributed by atoms with Gasteiger partial charge >= 0.3 is 0 Å². The number of nitrogens with zero attached hydrogens (tertiary/aromatic N) is 2. The van der Waals surface area contributed by atoms with Crippen LogP contribution in [0, 0.1) is 0 Å². The lowest BCUT2D eigenvalue weighted by Gasteiger charge is -2.08. The van der Waals surface area contributed by atoms with E-state index in [0.717, 1.165) is 25.8 Å². The quantitative estimate of drug-likeness (QED) is 0.0796. The Morgan fingerprint density at radius 3 is 1.37 bits per heavy atom. The highest BCUT2D eigenvalue weighted by molar-refractivity contribution is 5.15. The van der Waals surface area contributed by atoms with Gasteiger partial charge in [-0.3, -0.25) is 0 Å². The molecule has 0 bridgehead atoms. The molecule has 2 rings (SSSR count). The van der Waals surface area contributed by atoms with Gasteiger partial charge in [0, 0.05) is 19.2 Å². The van der Waals surface area contributed by atoms with Crippen LogP contribution in [0.3, 0.4) is 0 Å². The second kappa shape index (κ2) is 27.9. The number of hydrogen-bond donors (Lipinski definition) is 0. The fraction of sp³-hybridized carbons (Fsp3) is 0.780. The standard InChI is InChI=1S/C41H72N2/c1-3-5-7-9-11-13-15-16-17-18-19-20-22-24-29-36-41-42-40(35-31-34-39-32-27-26-28-33-39)38-43(41)37-30-25-23-21-14-12-10-8-6-4-2/h26-28,32-33,38H,3-25,29-31,34-37H2,1-2H3. The van der Waals surface area contributed by atoms with Crippen molar-refractivity contribution in [2.24, 2.45) is 0 Å². The molecule has 246 valence electrons. The molecule has 43 heavy (non-hydrogen) atoms.